The van der Waals surface area contributed by atoms with Gasteiger partial charge in [-0.15, -0.1) is 0 Å². The Morgan fingerprint density at radius 3 is 1.90 bits per heavy atom. The predicted molar refractivity (Wildman–Crippen MR) is 183 cm³/mol. The van der Waals surface area contributed by atoms with Gasteiger partial charge in [-0.3, -0.25) is 8.80 Å². The van der Waals surface area contributed by atoms with Crippen LogP contribution in [0.1, 0.15) is 64.5 Å². The Morgan fingerprint density at radius 1 is 0.738 bits per heavy atom. The molecule has 1 aromatic carbocycles. The number of fused-ring (bicyclic) bond motifs is 2. The van der Waals surface area contributed by atoms with Crippen molar-refractivity contribution in [1.82, 2.24) is 18.8 Å². The van der Waals surface area contributed by atoms with E-state index < -0.39 is 0 Å². The minimum atomic E-state index is 0.590. The van der Waals surface area contributed by atoms with E-state index in [-0.39, 0.29) is 0 Å². The highest BCUT2D eigenvalue weighted by atomic mass is 79.9. The number of rotatable bonds is 11. The molecule has 0 aliphatic carbocycles. The molecule has 8 heteroatoms. The van der Waals surface area contributed by atoms with Gasteiger partial charge in [0, 0.05) is 37.9 Å². The van der Waals surface area contributed by atoms with Crippen molar-refractivity contribution in [2.45, 2.75) is 67.2 Å². The van der Waals surface area contributed by atoms with Crippen LogP contribution >= 0.6 is 15.9 Å². The van der Waals surface area contributed by atoms with Gasteiger partial charge >= 0.3 is 0 Å². The number of aromatic nitrogens is 4. The van der Waals surface area contributed by atoms with Gasteiger partial charge < -0.3 is 15.5 Å². The summed E-state index contributed by atoms with van der Waals surface area (Å²) in [7, 11) is 0. The van der Waals surface area contributed by atoms with E-state index in [9.17, 15) is 0 Å². The van der Waals surface area contributed by atoms with Crippen LogP contribution < -0.4 is 15.5 Å². The van der Waals surface area contributed by atoms with Gasteiger partial charge in [-0.2, -0.15) is 0 Å². The number of benzene rings is 1. The molecule has 0 atom stereocenters. The third-order valence-electron chi connectivity index (χ3n) is 7.35. The number of anilines is 3. The zero-order chi connectivity index (χ0) is 30.2. The monoisotopic (exact) mass is 631 g/mol. The van der Waals surface area contributed by atoms with Crippen LogP contribution in [0.15, 0.2) is 65.4 Å². The number of hydrogen-bond acceptors (Lipinski definition) is 5. The largest absolute Gasteiger partial charge is 0.382 e. The van der Waals surface area contributed by atoms with Crippen molar-refractivity contribution in [2.24, 2.45) is 0 Å². The van der Waals surface area contributed by atoms with Gasteiger partial charge in [-0.05, 0) is 85.3 Å². The molecule has 42 heavy (non-hydrogen) atoms. The van der Waals surface area contributed by atoms with E-state index >= 15 is 0 Å². The Balaban J connectivity index is 0.000000208. The van der Waals surface area contributed by atoms with Gasteiger partial charge in [0.05, 0.1) is 5.69 Å². The summed E-state index contributed by atoms with van der Waals surface area (Å²) < 4.78 is 5.26. The molecule has 224 valence electrons. The van der Waals surface area contributed by atoms with E-state index in [2.05, 4.69) is 129 Å². The summed E-state index contributed by atoms with van der Waals surface area (Å²) in [4.78, 5) is 13.9. The van der Waals surface area contributed by atoms with Crippen molar-refractivity contribution in [3.8, 4) is 11.3 Å². The van der Waals surface area contributed by atoms with Crippen LogP contribution in [-0.4, -0.2) is 44.9 Å². The first-order chi connectivity index (χ1) is 20.3. The summed E-state index contributed by atoms with van der Waals surface area (Å²) in [6.45, 7) is 17.3. The van der Waals surface area contributed by atoms with Crippen molar-refractivity contribution < 1.29 is 0 Å². The standard InChI is InChI=1S/C21H28N4.C13H18BrN3/c1-5-12-24(13-6-2)19-9-7-8-18-23-21(22)20(25(18)19)17-11-10-15(3)14-16(17)4;1-3-8-16(9-4-2)13-7-5-6-12-15-11(14)10-17(12)13/h7-11,14H,5-6,12-13,22H2,1-4H3;5-7,10H,3-4,8-9H2,1-2H3. The van der Waals surface area contributed by atoms with Gasteiger partial charge in [0.15, 0.2) is 5.82 Å². The Kier molecular flexibility index (Phi) is 10.9. The Labute approximate surface area is 259 Å². The highest BCUT2D eigenvalue weighted by Crippen LogP contribution is 2.33. The number of pyridine rings is 2. The number of nitrogens with zero attached hydrogens (tertiary/aromatic N) is 6. The van der Waals surface area contributed by atoms with Gasteiger partial charge in [0.1, 0.15) is 27.5 Å². The minimum absolute atomic E-state index is 0.590. The van der Waals surface area contributed by atoms with Gasteiger partial charge in [0.25, 0.3) is 0 Å². The highest BCUT2D eigenvalue weighted by molar-refractivity contribution is 9.10. The number of nitrogen functional groups attached to an aromatic ring is 1. The lowest BCUT2D eigenvalue weighted by Crippen LogP contribution is -2.27. The van der Waals surface area contributed by atoms with Crippen molar-refractivity contribution in [3.05, 3.63) is 76.5 Å². The molecule has 0 amide bonds. The molecule has 7 nitrogen and oxygen atoms in total. The molecule has 0 unspecified atom stereocenters. The van der Waals surface area contributed by atoms with Crippen molar-refractivity contribution in [3.63, 3.8) is 0 Å². The fourth-order valence-electron chi connectivity index (χ4n) is 5.66. The molecule has 0 bridgehead atoms. The second kappa shape index (κ2) is 14.6. The first kappa shape index (κ1) is 31.4. The molecule has 4 heterocycles. The number of aryl methyl sites for hydroxylation is 2. The molecular formula is C34H46BrN7. The number of nitrogens with two attached hydrogens (primary N) is 1. The molecular weight excluding hydrogens is 586 g/mol. The molecule has 5 aromatic rings. The maximum Gasteiger partial charge on any atom is 0.150 e. The quantitative estimate of drug-likeness (QED) is 0.158. The fraction of sp³-hybridized carbons (Fsp3) is 0.412. The summed E-state index contributed by atoms with van der Waals surface area (Å²) in [5, 5.41) is 0. The third kappa shape index (κ3) is 6.92. The maximum atomic E-state index is 6.36. The normalized spacial score (nSPS) is 11.1. The van der Waals surface area contributed by atoms with E-state index in [1.54, 1.807) is 0 Å². The van der Waals surface area contributed by atoms with E-state index in [1.165, 1.54) is 22.8 Å². The first-order valence-electron chi connectivity index (χ1n) is 15.3. The highest BCUT2D eigenvalue weighted by Gasteiger charge is 2.19. The average molecular weight is 633 g/mol. The van der Waals surface area contributed by atoms with E-state index in [4.69, 9.17) is 5.73 Å². The van der Waals surface area contributed by atoms with Crippen LogP contribution in [0.4, 0.5) is 17.5 Å². The molecule has 0 spiro atoms. The molecule has 0 saturated heterocycles. The summed E-state index contributed by atoms with van der Waals surface area (Å²) in [5.41, 5.74) is 12.9. The first-order valence-corrected chi connectivity index (χ1v) is 16.1. The van der Waals surface area contributed by atoms with Gasteiger partial charge in [-0.25, -0.2) is 9.97 Å². The zero-order valence-electron chi connectivity index (χ0n) is 26.1. The van der Waals surface area contributed by atoms with Crippen molar-refractivity contribution in [1.29, 1.82) is 0 Å². The molecule has 2 N–H and O–H groups in total. The summed E-state index contributed by atoms with van der Waals surface area (Å²) in [6.07, 6.45) is 6.57. The molecule has 0 radical (unpaired) electrons. The molecule has 0 saturated carbocycles. The number of hydrogen-bond donors (Lipinski definition) is 1. The SMILES string of the molecule is CCCN(CCC)c1cccc2nc(Br)cn12.CCCN(CCC)c1cccc2nc(N)c(-c3ccc(C)cc3C)n12. The van der Waals surface area contributed by atoms with Crippen molar-refractivity contribution in [2.75, 3.05) is 41.7 Å². The summed E-state index contributed by atoms with van der Waals surface area (Å²) in [6, 6.07) is 19.0. The minimum Gasteiger partial charge on any atom is -0.382 e. The number of halogens is 1. The molecule has 0 aliphatic heterocycles. The van der Waals surface area contributed by atoms with E-state index in [0.29, 0.717) is 5.82 Å². The lowest BCUT2D eigenvalue weighted by molar-refractivity contribution is 0.729. The molecule has 0 fully saturated rings. The number of imidazole rings is 2. The topological polar surface area (TPSA) is 67.1 Å². The Hall–Kier alpha value is -3.52. The second-order valence-corrected chi connectivity index (χ2v) is 11.7. The van der Waals surface area contributed by atoms with Crippen LogP contribution in [0.25, 0.3) is 22.6 Å². The van der Waals surface area contributed by atoms with E-state index in [0.717, 1.165) is 79.0 Å². The molecule has 5 rings (SSSR count). The Bertz CT molecular complexity index is 1590. The lowest BCUT2D eigenvalue weighted by Gasteiger charge is -2.25. The van der Waals surface area contributed by atoms with Crippen LogP contribution in [0.3, 0.4) is 0 Å². The molecule has 4 aromatic heterocycles. The van der Waals surface area contributed by atoms with Crippen LogP contribution in [0.5, 0.6) is 0 Å². The Morgan fingerprint density at radius 2 is 1.31 bits per heavy atom. The van der Waals surface area contributed by atoms with Crippen molar-refractivity contribution >= 4 is 44.7 Å². The summed E-state index contributed by atoms with van der Waals surface area (Å²) >= 11 is 3.44. The van der Waals surface area contributed by atoms with Gasteiger partial charge in [-0.1, -0.05) is 63.6 Å². The van der Waals surface area contributed by atoms with Crippen LogP contribution in [-0.2, 0) is 0 Å². The van der Waals surface area contributed by atoms with E-state index in [1.807, 2.05) is 18.3 Å². The van der Waals surface area contributed by atoms with Crippen LogP contribution in [0.2, 0.25) is 0 Å². The fourth-order valence-corrected chi connectivity index (χ4v) is 6.05. The third-order valence-corrected chi connectivity index (χ3v) is 7.73. The average Bonchev–Trinajstić information content (AvgIpc) is 3.51. The predicted octanol–water partition coefficient (Wildman–Crippen LogP) is 8.55. The smallest absolute Gasteiger partial charge is 0.150 e. The van der Waals surface area contributed by atoms with Crippen LogP contribution in [0, 0.1) is 13.8 Å². The summed E-state index contributed by atoms with van der Waals surface area (Å²) in [5.74, 6) is 2.98. The van der Waals surface area contributed by atoms with Gasteiger partial charge in [0.2, 0.25) is 0 Å². The molecule has 0 aliphatic rings. The second-order valence-electron chi connectivity index (χ2n) is 10.9. The zero-order valence-corrected chi connectivity index (χ0v) is 27.7. The lowest BCUT2D eigenvalue weighted by atomic mass is 10.0. The maximum absolute atomic E-state index is 6.36.